The molecule has 2 aliphatic rings. The Morgan fingerprint density at radius 3 is 2.70 bits per heavy atom. The molecule has 1 aromatic rings. The predicted octanol–water partition coefficient (Wildman–Crippen LogP) is 2.81. The third-order valence-corrected chi connectivity index (χ3v) is 4.77. The van der Waals surface area contributed by atoms with Crippen LogP contribution in [0.2, 0.25) is 0 Å². The Labute approximate surface area is 138 Å². The smallest absolute Gasteiger partial charge is 0.234 e. The number of amides is 1. The van der Waals surface area contributed by atoms with E-state index in [4.69, 9.17) is 17.3 Å². The minimum absolute atomic E-state index is 0.0307. The van der Waals surface area contributed by atoms with Crippen molar-refractivity contribution in [2.24, 2.45) is 5.73 Å². The number of halogens is 3. The maximum Gasteiger partial charge on any atom is 0.234 e. The minimum atomic E-state index is -2.27. The number of nitrogens with two attached hydrogens (primary N) is 1. The molecule has 23 heavy (non-hydrogen) atoms. The Balaban J connectivity index is 1.95. The molecule has 4 atom stereocenters. The molecule has 122 valence electrons. The van der Waals surface area contributed by atoms with E-state index in [2.05, 4.69) is 0 Å². The topological polar surface area (TPSA) is 46.3 Å². The van der Waals surface area contributed by atoms with Crippen LogP contribution in [-0.2, 0) is 4.79 Å². The van der Waals surface area contributed by atoms with Gasteiger partial charge in [-0.25, -0.2) is 8.78 Å². The summed E-state index contributed by atoms with van der Waals surface area (Å²) in [6, 6.07) is 7.10. The molecular formula is C17H17ClF2N2O. The third-order valence-electron chi connectivity index (χ3n) is 4.35. The molecule has 0 saturated carbocycles. The van der Waals surface area contributed by atoms with Gasteiger partial charge < -0.3 is 5.73 Å². The van der Waals surface area contributed by atoms with Gasteiger partial charge in [0.1, 0.15) is 6.17 Å². The molecule has 3 nitrogen and oxygen atoms in total. The molecule has 6 heteroatoms. The fraction of sp³-hybridized carbons (Fsp3) is 0.353. The highest BCUT2D eigenvalue weighted by Gasteiger charge is 2.50. The van der Waals surface area contributed by atoms with E-state index in [-0.39, 0.29) is 18.5 Å². The van der Waals surface area contributed by atoms with Crippen LogP contribution in [0, 0.1) is 0 Å². The highest BCUT2D eigenvalue weighted by Crippen LogP contribution is 2.44. The first-order chi connectivity index (χ1) is 10.9. The summed E-state index contributed by atoms with van der Waals surface area (Å²) in [5, 5.41) is -2.27. The quantitative estimate of drug-likeness (QED) is 0.861. The van der Waals surface area contributed by atoms with Gasteiger partial charge in [0.15, 0.2) is 0 Å². The number of primary amides is 1. The van der Waals surface area contributed by atoms with Crippen LogP contribution in [0.25, 0.3) is 5.57 Å². The van der Waals surface area contributed by atoms with Crippen molar-refractivity contribution in [2.45, 2.75) is 29.8 Å². The molecule has 1 aromatic carbocycles. The first-order valence-electron chi connectivity index (χ1n) is 7.42. The number of likely N-dealkylation sites (tertiary alicyclic amines) is 1. The van der Waals surface area contributed by atoms with Crippen LogP contribution in [-0.4, -0.2) is 40.7 Å². The van der Waals surface area contributed by atoms with Crippen molar-refractivity contribution in [3.63, 3.8) is 0 Å². The lowest BCUT2D eigenvalue weighted by molar-refractivity contribution is -0.123. The normalized spacial score (nSPS) is 34.4. The average Bonchev–Trinajstić information content (AvgIpc) is 2.89. The molecule has 1 fully saturated rings. The largest absolute Gasteiger partial charge is 0.368 e. The van der Waals surface area contributed by atoms with Crippen molar-refractivity contribution in [2.75, 3.05) is 6.54 Å². The number of carbonyl (C=O) groups is 1. The van der Waals surface area contributed by atoms with Gasteiger partial charge in [-0.2, -0.15) is 0 Å². The lowest BCUT2D eigenvalue weighted by Gasteiger charge is -2.38. The number of hydrogen-bond donors (Lipinski definition) is 1. The highest BCUT2D eigenvalue weighted by atomic mass is 35.5. The zero-order chi connectivity index (χ0) is 16.6. The van der Waals surface area contributed by atoms with Crippen molar-refractivity contribution >= 4 is 23.1 Å². The minimum Gasteiger partial charge on any atom is -0.368 e. The Bertz CT molecular complexity index is 660. The second-order valence-electron chi connectivity index (χ2n) is 5.85. The number of alkyl halides is 3. The zero-order valence-corrected chi connectivity index (χ0v) is 13.1. The first-order valence-corrected chi connectivity index (χ1v) is 7.80. The van der Waals surface area contributed by atoms with Crippen LogP contribution in [0.4, 0.5) is 8.78 Å². The predicted molar refractivity (Wildman–Crippen MR) is 86.2 cm³/mol. The number of allylic oxidation sites excluding steroid dienone is 2. The van der Waals surface area contributed by atoms with Gasteiger partial charge in [-0.3, -0.25) is 9.69 Å². The van der Waals surface area contributed by atoms with Gasteiger partial charge in [0.2, 0.25) is 11.0 Å². The van der Waals surface area contributed by atoms with E-state index in [9.17, 15) is 9.18 Å². The fourth-order valence-electron chi connectivity index (χ4n) is 3.27. The summed E-state index contributed by atoms with van der Waals surface area (Å²) in [6.07, 6.45) is 3.57. The van der Waals surface area contributed by atoms with Crippen molar-refractivity contribution in [3.8, 4) is 0 Å². The maximum atomic E-state index is 15.4. The summed E-state index contributed by atoms with van der Waals surface area (Å²) in [4.78, 5) is 13.0. The SMILES string of the molecule is NC(=O)C1CC(F)CN1C1C=CC=C(c2ccccc2)C1(F)Cl. The lowest BCUT2D eigenvalue weighted by atomic mass is 9.90. The Morgan fingerprint density at radius 1 is 1.35 bits per heavy atom. The molecule has 1 aliphatic heterocycles. The zero-order valence-electron chi connectivity index (χ0n) is 12.3. The number of benzene rings is 1. The second kappa shape index (κ2) is 6.06. The standard InChI is InChI=1S/C17H17ClF2N2O/c18-17(20)13(11-5-2-1-3-6-11)7-4-8-15(17)22-10-12(19)9-14(22)16(21)23/h1-8,12,14-15H,9-10H2,(H2,21,23). The molecule has 2 N–H and O–H groups in total. The van der Waals surface area contributed by atoms with E-state index in [0.29, 0.717) is 5.56 Å². The summed E-state index contributed by atoms with van der Waals surface area (Å²) in [5.74, 6) is -0.665. The molecule has 1 saturated heterocycles. The van der Waals surface area contributed by atoms with Gasteiger partial charge in [0, 0.05) is 18.5 Å². The number of rotatable bonds is 3. The molecule has 0 spiro atoms. The lowest BCUT2D eigenvalue weighted by Crippen LogP contribution is -2.53. The Hall–Kier alpha value is -1.72. The van der Waals surface area contributed by atoms with E-state index in [0.717, 1.165) is 0 Å². The van der Waals surface area contributed by atoms with Crippen LogP contribution in [0.1, 0.15) is 12.0 Å². The fourth-order valence-corrected chi connectivity index (χ4v) is 3.64. The van der Waals surface area contributed by atoms with Crippen LogP contribution >= 0.6 is 11.6 Å². The summed E-state index contributed by atoms with van der Waals surface area (Å²) < 4.78 is 29.2. The monoisotopic (exact) mass is 338 g/mol. The van der Waals surface area contributed by atoms with Gasteiger partial charge in [0.25, 0.3) is 0 Å². The molecule has 4 unspecified atom stereocenters. The summed E-state index contributed by atoms with van der Waals surface area (Å²) in [6.45, 7) is -0.0664. The van der Waals surface area contributed by atoms with E-state index >= 15 is 4.39 Å². The molecule has 0 bridgehead atoms. The number of hydrogen-bond acceptors (Lipinski definition) is 2. The molecule has 1 amide bonds. The number of carbonyl (C=O) groups excluding carboxylic acids is 1. The van der Waals surface area contributed by atoms with E-state index < -0.39 is 29.3 Å². The second-order valence-corrected chi connectivity index (χ2v) is 6.40. The van der Waals surface area contributed by atoms with Crippen LogP contribution in [0.3, 0.4) is 0 Å². The van der Waals surface area contributed by atoms with Crippen molar-refractivity contribution in [1.82, 2.24) is 4.90 Å². The maximum absolute atomic E-state index is 15.4. The van der Waals surface area contributed by atoms with Crippen molar-refractivity contribution in [3.05, 3.63) is 54.1 Å². The summed E-state index contributed by atoms with van der Waals surface area (Å²) in [5.41, 5.74) is 6.27. The van der Waals surface area contributed by atoms with Crippen molar-refractivity contribution < 1.29 is 13.6 Å². The summed E-state index contributed by atoms with van der Waals surface area (Å²) in [7, 11) is 0. The van der Waals surface area contributed by atoms with Crippen LogP contribution in [0.5, 0.6) is 0 Å². The van der Waals surface area contributed by atoms with Crippen LogP contribution < -0.4 is 5.73 Å². The van der Waals surface area contributed by atoms with Gasteiger partial charge in [-0.15, -0.1) is 0 Å². The van der Waals surface area contributed by atoms with E-state index in [1.807, 2.05) is 6.07 Å². The summed E-state index contributed by atoms with van der Waals surface area (Å²) >= 11 is 6.23. The van der Waals surface area contributed by atoms with Gasteiger partial charge in [0.05, 0.1) is 12.1 Å². The van der Waals surface area contributed by atoms with Crippen molar-refractivity contribution in [1.29, 1.82) is 0 Å². The molecular weight excluding hydrogens is 322 g/mol. The first kappa shape index (κ1) is 16.1. The van der Waals surface area contributed by atoms with E-state index in [1.165, 1.54) is 4.90 Å². The Kier molecular flexibility index (Phi) is 4.25. The number of nitrogens with zero attached hydrogens (tertiary/aromatic N) is 1. The van der Waals surface area contributed by atoms with Gasteiger partial charge >= 0.3 is 0 Å². The molecule has 0 aromatic heterocycles. The Morgan fingerprint density at radius 2 is 2.04 bits per heavy atom. The van der Waals surface area contributed by atoms with Gasteiger partial charge in [-0.1, -0.05) is 60.2 Å². The molecule has 1 heterocycles. The molecule has 3 rings (SSSR count). The molecule has 0 radical (unpaired) electrons. The van der Waals surface area contributed by atoms with Gasteiger partial charge in [-0.05, 0) is 5.56 Å². The van der Waals surface area contributed by atoms with E-state index in [1.54, 1.807) is 42.5 Å². The third kappa shape index (κ3) is 2.91. The highest BCUT2D eigenvalue weighted by molar-refractivity contribution is 6.30. The average molecular weight is 339 g/mol. The molecule has 1 aliphatic carbocycles. The van der Waals surface area contributed by atoms with Crippen LogP contribution in [0.15, 0.2) is 48.6 Å².